The second kappa shape index (κ2) is 8.27. The number of nitrogens with one attached hydrogen (secondary N) is 1. The molecule has 0 saturated heterocycles. The van der Waals surface area contributed by atoms with Crippen molar-refractivity contribution in [3.8, 4) is 0 Å². The third-order valence-electron chi connectivity index (χ3n) is 2.91. The second-order valence-corrected chi connectivity index (χ2v) is 5.60. The second-order valence-electron chi connectivity index (χ2n) is 4.57. The Hall–Kier alpha value is -0.870. The summed E-state index contributed by atoms with van der Waals surface area (Å²) >= 11 is 1.75. The lowest BCUT2D eigenvalue weighted by Gasteiger charge is -2.21. The van der Waals surface area contributed by atoms with E-state index in [1.807, 2.05) is 0 Å². The highest BCUT2D eigenvalue weighted by Crippen LogP contribution is 2.12. The van der Waals surface area contributed by atoms with Crippen LogP contribution in [0.25, 0.3) is 0 Å². The molecule has 0 aliphatic carbocycles. The molecule has 0 aliphatic heterocycles. The molecule has 4 heteroatoms. The van der Waals surface area contributed by atoms with E-state index in [0.717, 1.165) is 25.7 Å². The van der Waals surface area contributed by atoms with Crippen LogP contribution in [0.15, 0.2) is 17.5 Å². The maximum Gasteiger partial charge on any atom is 0.322 e. The van der Waals surface area contributed by atoms with Gasteiger partial charge in [-0.1, -0.05) is 25.8 Å². The SMILES string of the molecule is CCCCC(NC(C)Cc1cccs1)C(=O)OC. The molecule has 1 aromatic rings. The standard InChI is InChI=1S/C14H23NO2S/c1-4-5-8-13(14(16)17-3)15-11(2)10-12-7-6-9-18-12/h6-7,9,11,13,15H,4-5,8,10H2,1-3H3. The van der Waals surface area contributed by atoms with Crippen LogP contribution in [-0.4, -0.2) is 25.2 Å². The van der Waals surface area contributed by atoms with E-state index in [2.05, 4.69) is 36.7 Å². The Labute approximate surface area is 114 Å². The molecule has 18 heavy (non-hydrogen) atoms. The van der Waals surface area contributed by atoms with Crippen molar-refractivity contribution in [3.05, 3.63) is 22.4 Å². The van der Waals surface area contributed by atoms with Crippen molar-refractivity contribution >= 4 is 17.3 Å². The topological polar surface area (TPSA) is 38.3 Å². The number of carbonyl (C=O) groups is 1. The quantitative estimate of drug-likeness (QED) is 0.737. The van der Waals surface area contributed by atoms with Gasteiger partial charge in [0.1, 0.15) is 6.04 Å². The van der Waals surface area contributed by atoms with Crippen molar-refractivity contribution in [3.63, 3.8) is 0 Å². The molecule has 1 heterocycles. The van der Waals surface area contributed by atoms with Crippen LogP contribution in [0, 0.1) is 0 Å². The lowest BCUT2D eigenvalue weighted by atomic mass is 10.1. The van der Waals surface area contributed by atoms with Gasteiger partial charge in [-0.25, -0.2) is 0 Å². The molecule has 0 radical (unpaired) electrons. The molecule has 0 saturated carbocycles. The van der Waals surface area contributed by atoms with Crippen molar-refractivity contribution in [2.45, 2.75) is 51.6 Å². The van der Waals surface area contributed by atoms with Crippen LogP contribution in [0.1, 0.15) is 38.0 Å². The molecular formula is C14H23NO2S. The summed E-state index contributed by atoms with van der Waals surface area (Å²) < 4.78 is 4.85. The maximum absolute atomic E-state index is 11.7. The fraction of sp³-hybridized carbons (Fsp3) is 0.643. The van der Waals surface area contributed by atoms with Gasteiger partial charge in [0.25, 0.3) is 0 Å². The molecule has 1 N–H and O–H groups in total. The van der Waals surface area contributed by atoms with Crippen LogP contribution in [0.2, 0.25) is 0 Å². The van der Waals surface area contributed by atoms with Crippen LogP contribution in [0.3, 0.4) is 0 Å². The van der Waals surface area contributed by atoms with E-state index in [4.69, 9.17) is 4.74 Å². The minimum Gasteiger partial charge on any atom is -0.468 e. The van der Waals surface area contributed by atoms with E-state index >= 15 is 0 Å². The summed E-state index contributed by atoms with van der Waals surface area (Å²) in [6.45, 7) is 4.24. The van der Waals surface area contributed by atoms with Gasteiger partial charge in [-0.3, -0.25) is 4.79 Å². The van der Waals surface area contributed by atoms with Crippen LogP contribution in [-0.2, 0) is 16.0 Å². The first kappa shape index (κ1) is 15.2. The summed E-state index contributed by atoms with van der Waals surface area (Å²) in [5, 5.41) is 5.45. The lowest BCUT2D eigenvalue weighted by molar-refractivity contribution is -0.143. The highest BCUT2D eigenvalue weighted by Gasteiger charge is 2.20. The summed E-state index contributed by atoms with van der Waals surface area (Å²) in [6.07, 6.45) is 3.93. The molecule has 3 nitrogen and oxygen atoms in total. The van der Waals surface area contributed by atoms with Crippen LogP contribution >= 0.6 is 11.3 Å². The summed E-state index contributed by atoms with van der Waals surface area (Å²) in [6, 6.07) is 4.29. The summed E-state index contributed by atoms with van der Waals surface area (Å²) in [4.78, 5) is 13.0. The molecule has 0 bridgehead atoms. The Morgan fingerprint density at radius 1 is 1.56 bits per heavy atom. The zero-order chi connectivity index (χ0) is 13.4. The van der Waals surface area contributed by atoms with Crippen molar-refractivity contribution < 1.29 is 9.53 Å². The molecule has 0 spiro atoms. The van der Waals surface area contributed by atoms with Gasteiger partial charge in [-0.15, -0.1) is 11.3 Å². The van der Waals surface area contributed by atoms with Gasteiger partial charge < -0.3 is 10.1 Å². The minimum atomic E-state index is -0.176. The molecule has 102 valence electrons. The molecule has 2 atom stereocenters. The molecule has 0 amide bonds. The van der Waals surface area contributed by atoms with E-state index in [0.29, 0.717) is 0 Å². The summed E-state index contributed by atoms with van der Waals surface area (Å²) in [5.74, 6) is -0.151. The molecule has 1 rings (SSSR count). The zero-order valence-corrected chi connectivity index (χ0v) is 12.3. The van der Waals surface area contributed by atoms with Gasteiger partial charge in [-0.05, 0) is 31.2 Å². The van der Waals surface area contributed by atoms with E-state index in [1.54, 1.807) is 11.3 Å². The number of ether oxygens (including phenoxy) is 1. The van der Waals surface area contributed by atoms with Crippen molar-refractivity contribution in [1.29, 1.82) is 0 Å². The molecule has 2 unspecified atom stereocenters. The highest BCUT2D eigenvalue weighted by molar-refractivity contribution is 7.09. The molecule has 1 aromatic heterocycles. The summed E-state index contributed by atoms with van der Waals surface area (Å²) in [7, 11) is 1.45. The van der Waals surface area contributed by atoms with Gasteiger partial charge in [0.05, 0.1) is 7.11 Å². The average molecular weight is 269 g/mol. The molecule has 0 aromatic carbocycles. The third kappa shape index (κ3) is 5.19. The van der Waals surface area contributed by atoms with E-state index in [1.165, 1.54) is 12.0 Å². The number of unbranched alkanes of at least 4 members (excludes halogenated alkanes) is 1. The Morgan fingerprint density at radius 3 is 2.89 bits per heavy atom. The number of rotatable bonds is 8. The van der Waals surface area contributed by atoms with E-state index in [-0.39, 0.29) is 18.1 Å². The number of esters is 1. The molecule has 0 fully saturated rings. The van der Waals surface area contributed by atoms with Gasteiger partial charge in [0.2, 0.25) is 0 Å². The lowest BCUT2D eigenvalue weighted by Crippen LogP contribution is -2.43. The van der Waals surface area contributed by atoms with Crippen LogP contribution in [0.5, 0.6) is 0 Å². The monoisotopic (exact) mass is 269 g/mol. The predicted molar refractivity (Wildman–Crippen MR) is 75.9 cm³/mol. The Bertz CT molecular complexity index is 338. The Morgan fingerprint density at radius 2 is 2.33 bits per heavy atom. The average Bonchev–Trinajstić information content (AvgIpc) is 2.86. The first-order valence-electron chi connectivity index (χ1n) is 6.53. The van der Waals surface area contributed by atoms with Gasteiger partial charge in [0, 0.05) is 10.9 Å². The van der Waals surface area contributed by atoms with Crippen molar-refractivity contribution in [1.82, 2.24) is 5.32 Å². The minimum absolute atomic E-state index is 0.151. The predicted octanol–water partition coefficient (Wildman–Crippen LogP) is 3.00. The Balaban J connectivity index is 2.45. The van der Waals surface area contributed by atoms with Gasteiger partial charge in [0.15, 0.2) is 0 Å². The normalized spacial score (nSPS) is 14.2. The smallest absolute Gasteiger partial charge is 0.322 e. The summed E-state index contributed by atoms with van der Waals surface area (Å²) in [5.41, 5.74) is 0. The Kier molecular flexibility index (Phi) is 6.98. The first-order valence-corrected chi connectivity index (χ1v) is 7.41. The fourth-order valence-corrected chi connectivity index (χ4v) is 2.79. The number of thiophene rings is 1. The maximum atomic E-state index is 11.7. The van der Waals surface area contributed by atoms with E-state index in [9.17, 15) is 4.79 Å². The van der Waals surface area contributed by atoms with Gasteiger partial charge >= 0.3 is 5.97 Å². The number of methoxy groups -OCH3 is 1. The zero-order valence-electron chi connectivity index (χ0n) is 11.4. The van der Waals surface area contributed by atoms with Gasteiger partial charge in [-0.2, -0.15) is 0 Å². The number of hydrogen-bond acceptors (Lipinski definition) is 4. The first-order chi connectivity index (χ1) is 8.67. The molecular weight excluding hydrogens is 246 g/mol. The number of carbonyl (C=O) groups excluding carboxylic acids is 1. The van der Waals surface area contributed by atoms with E-state index < -0.39 is 0 Å². The largest absolute Gasteiger partial charge is 0.468 e. The number of hydrogen-bond donors (Lipinski definition) is 1. The fourth-order valence-electron chi connectivity index (χ4n) is 1.95. The third-order valence-corrected chi connectivity index (χ3v) is 3.80. The van der Waals surface area contributed by atoms with Crippen molar-refractivity contribution in [2.24, 2.45) is 0 Å². The highest BCUT2D eigenvalue weighted by atomic mass is 32.1. The van der Waals surface area contributed by atoms with Crippen LogP contribution < -0.4 is 5.32 Å². The molecule has 0 aliphatic rings. The van der Waals surface area contributed by atoms with Crippen LogP contribution in [0.4, 0.5) is 0 Å². The van der Waals surface area contributed by atoms with Crippen molar-refractivity contribution in [2.75, 3.05) is 7.11 Å².